The van der Waals surface area contributed by atoms with Crippen LogP contribution in [0.15, 0.2) is 30.5 Å². The van der Waals surface area contributed by atoms with Crippen molar-refractivity contribution in [3.63, 3.8) is 0 Å². The lowest BCUT2D eigenvalue weighted by atomic mass is 9.95. The number of anilines is 1. The van der Waals surface area contributed by atoms with E-state index in [1.165, 1.54) is 0 Å². The Morgan fingerprint density at radius 3 is 2.70 bits per heavy atom. The highest BCUT2D eigenvalue weighted by Crippen LogP contribution is 2.38. The number of carbonyl (C=O) groups excluding carboxylic acids is 1. The number of ether oxygens (including phenoxy) is 1. The number of nitrogens with two attached hydrogens (primary N) is 1. The van der Waals surface area contributed by atoms with Crippen molar-refractivity contribution < 1.29 is 9.53 Å². The normalized spacial score (nSPS) is 16.9. The molecule has 0 saturated carbocycles. The van der Waals surface area contributed by atoms with Gasteiger partial charge < -0.3 is 19.9 Å². The van der Waals surface area contributed by atoms with Gasteiger partial charge in [0.1, 0.15) is 11.2 Å². The SMILES string of the molecule is CC(C)(C)OC(=O)N1CCC[C@@H](CCn2c(-c3c(Cl)cccc3Cl)cc3cnc(N)nc32)C1. The van der Waals surface area contributed by atoms with Crippen molar-refractivity contribution in [2.24, 2.45) is 5.92 Å². The number of benzene rings is 1. The molecule has 1 fully saturated rings. The van der Waals surface area contributed by atoms with Crippen molar-refractivity contribution >= 4 is 46.3 Å². The van der Waals surface area contributed by atoms with Crippen LogP contribution in [0.2, 0.25) is 10.0 Å². The third-order valence-corrected chi connectivity index (χ3v) is 6.43. The molecule has 0 spiro atoms. The molecule has 1 aliphatic heterocycles. The van der Waals surface area contributed by atoms with E-state index in [-0.39, 0.29) is 12.0 Å². The number of nitrogen functional groups attached to an aromatic ring is 1. The lowest BCUT2D eigenvalue weighted by Crippen LogP contribution is -2.43. The van der Waals surface area contributed by atoms with Gasteiger partial charge in [0.25, 0.3) is 0 Å². The van der Waals surface area contributed by atoms with Crippen LogP contribution in [0.4, 0.5) is 10.7 Å². The standard InChI is InChI=1S/C24H29Cl2N5O2/c1-24(2,3)33-23(32)30-10-5-6-15(14-30)9-11-31-19(20-17(25)7-4-8-18(20)26)12-16-13-28-22(27)29-21(16)31/h4,7-8,12-13,15H,5-6,9-11,14H2,1-3H3,(H2,27,28,29)/t15-/m0/s1. The number of nitrogens with zero attached hydrogens (tertiary/aromatic N) is 4. The molecule has 176 valence electrons. The molecule has 2 aromatic heterocycles. The van der Waals surface area contributed by atoms with Gasteiger partial charge in [-0.05, 0) is 64.2 Å². The minimum absolute atomic E-state index is 0.215. The van der Waals surface area contributed by atoms with Crippen molar-refractivity contribution in [1.82, 2.24) is 19.4 Å². The highest BCUT2D eigenvalue weighted by molar-refractivity contribution is 6.39. The van der Waals surface area contributed by atoms with Crippen LogP contribution >= 0.6 is 23.2 Å². The topological polar surface area (TPSA) is 86.3 Å². The van der Waals surface area contributed by atoms with Crippen molar-refractivity contribution in [2.45, 2.75) is 52.2 Å². The summed E-state index contributed by atoms with van der Waals surface area (Å²) in [5, 5.41) is 2.01. The molecule has 1 saturated heterocycles. The maximum Gasteiger partial charge on any atom is 0.410 e. The summed E-state index contributed by atoms with van der Waals surface area (Å²) in [5.74, 6) is 0.560. The lowest BCUT2D eigenvalue weighted by molar-refractivity contribution is 0.0160. The van der Waals surface area contributed by atoms with Crippen LogP contribution in [-0.4, -0.2) is 44.2 Å². The Hall–Kier alpha value is -2.51. The summed E-state index contributed by atoms with van der Waals surface area (Å²) in [6, 6.07) is 7.47. The van der Waals surface area contributed by atoms with E-state index in [0.717, 1.165) is 48.1 Å². The molecule has 1 amide bonds. The van der Waals surface area contributed by atoms with Gasteiger partial charge in [-0.15, -0.1) is 0 Å². The van der Waals surface area contributed by atoms with Crippen LogP contribution in [0.1, 0.15) is 40.0 Å². The zero-order chi connectivity index (χ0) is 23.8. The molecule has 0 aliphatic carbocycles. The number of hydrogen-bond acceptors (Lipinski definition) is 5. The molecular weight excluding hydrogens is 461 g/mol. The number of fused-ring (bicyclic) bond motifs is 1. The zero-order valence-corrected chi connectivity index (χ0v) is 20.7. The number of carbonyl (C=O) groups is 1. The Morgan fingerprint density at radius 2 is 2.00 bits per heavy atom. The van der Waals surface area contributed by atoms with Gasteiger partial charge in [0.15, 0.2) is 0 Å². The Morgan fingerprint density at radius 1 is 1.27 bits per heavy atom. The summed E-state index contributed by atoms with van der Waals surface area (Å²) in [5.41, 5.74) is 7.77. The third-order valence-electron chi connectivity index (χ3n) is 5.80. The first-order valence-corrected chi connectivity index (χ1v) is 11.9. The third kappa shape index (κ3) is 5.36. The van der Waals surface area contributed by atoms with E-state index in [1.807, 2.05) is 49.9 Å². The molecule has 0 radical (unpaired) electrons. The minimum atomic E-state index is -0.503. The van der Waals surface area contributed by atoms with E-state index in [1.54, 1.807) is 6.20 Å². The van der Waals surface area contributed by atoms with Crippen LogP contribution in [-0.2, 0) is 11.3 Å². The molecule has 2 N–H and O–H groups in total. The van der Waals surface area contributed by atoms with Crippen molar-refractivity contribution in [3.8, 4) is 11.3 Å². The predicted molar refractivity (Wildman–Crippen MR) is 133 cm³/mol. The summed E-state index contributed by atoms with van der Waals surface area (Å²) in [6.45, 7) is 7.74. The fourth-order valence-electron chi connectivity index (χ4n) is 4.33. The van der Waals surface area contributed by atoms with Gasteiger partial charge in [-0.3, -0.25) is 0 Å². The molecule has 7 nitrogen and oxygen atoms in total. The van der Waals surface area contributed by atoms with Gasteiger partial charge >= 0.3 is 6.09 Å². The van der Waals surface area contributed by atoms with E-state index < -0.39 is 5.60 Å². The van der Waals surface area contributed by atoms with Crippen molar-refractivity contribution in [1.29, 1.82) is 0 Å². The summed E-state index contributed by atoms with van der Waals surface area (Å²) < 4.78 is 7.68. The summed E-state index contributed by atoms with van der Waals surface area (Å²) in [7, 11) is 0. The van der Waals surface area contributed by atoms with E-state index >= 15 is 0 Å². The highest BCUT2D eigenvalue weighted by atomic mass is 35.5. The maximum atomic E-state index is 12.6. The summed E-state index contributed by atoms with van der Waals surface area (Å²) >= 11 is 13.1. The maximum absolute atomic E-state index is 12.6. The molecule has 3 heterocycles. The molecule has 0 bridgehead atoms. The average Bonchev–Trinajstić information content (AvgIpc) is 3.08. The van der Waals surface area contributed by atoms with Crippen LogP contribution in [0.3, 0.4) is 0 Å². The van der Waals surface area contributed by atoms with E-state index in [0.29, 0.717) is 29.1 Å². The van der Waals surface area contributed by atoms with Crippen LogP contribution in [0.5, 0.6) is 0 Å². The number of aryl methyl sites for hydroxylation is 1. The Balaban J connectivity index is 1.60. The molecule has 33 heavy (non-hydrogen) atoms. The number of halogens is 2. The monoisotopic (exact) mass is 489 g/mol. The largest absolute Gasteiger partial charge is 0.444 e. The van der Waals surface area contributed by atoms with Gasteiger partial charge in [0.2, 0.25) is 5.95 Å². The first-order valence-electron chi connectivity index (χ1n) is 11.2. The average molecular weight is 490 g/mol. The Bertz CT molecular complexity index is 1150. The second kappa shape index (κ2) is 9.39. The second-order valence-electron chi connectivity index (χ2n) is 9.51. The smallest absolute Gasteiger partial charge is 0.410 e. The van der Waals surface area contributed by atoms with Gasteiger partial charge in [0, 0.05) is 36.8 Å². The fourth-order valence-corrected chi connectivity index (χ4v) is 4.92. The number of piperidine rings is 1. The predicted octanol–water partition coefficient (Wildman–Crippen LogP) is 6.02. The zero-order valence-electron chi connectivity index (χ0n) is 19.1. The molecule has 0 unspecified atom stereocenters. The number of likely N-dealkylation sites (tertiary alicyclic amines) is 1. The number of rotatable bonds is 4. The summed E-state index contributed by atoms with van der Waals surface area (Å²) in [4.78, 5) is 23.0. The molecule has 1 atom stereocenters. The Kier molecular flexibility index (Phi) is 6.73. The van der Waals surface area contributed by atoms with E-state index in [2.05, 4.69) is 14.5 Å². The molecular formula is C24H29Cl2N5O2. The summed E-state index contributed by atoms with van der Waals surface area (Å²) in [6.07, 6.45) is 4.34. The number of hydrogen-bond donors (Lipinski definition) is 1. The quantitative estimate of drug-likeness (QED) is 0.483. The Labute approximate surface area is 203 Å². The van der Waals surface area contributed by atoms with Crippen molar-refractivity contribution in [3.05, 3.63) is 40.5 Å². The van der Waals surface area contributed by atoms with Gasteiger partial charge in [-0.1, -0.05) is 29.3 Å². The van der Waals surface area contributed by atoms with Gasteiger partial charge in [-0.25, -0.2) is 9.78 Å². The fraction of sp³-hybridized carbons (Fsp3) is 0.458. The minimum Gasteiger partial charge on any atom is -0.444 e. The number of aromatic nitrogens is 3. The molecule has 1 aromatic carbocycles. The first kappa shape index (κ1) is 23.6. The van der Waals surface area contributed by atoms with Crippen LogP contribution < -0.4 is 5.73 Å². The van der Waals surface area contributed by atoms with Crippen molar-refractivity contribution in [2.75, 3.05) is 18.8 Å². The lowest BCUT2D eigenvalue weighted by Gasteiger charge is -2.34. The first-order chi connectivity index (χ1) is 15.6. The van der Waals surface area contributed by atoms with Gasteiger partial charge in [-0.2, -0.15) is 4.98 Å². The molecule has 9 heteroatoms. The van der Waals surface area contributed by atoms with E-state index in [4.69, 9.17) is 33.7 Å². The molecule has 4 rings (SSSR count). The highest BCUT2D eigenvalue weighted by Gasteiger charge is 2.28. The van der Waals surface area contributed by atoms with Gasteiger partial charge in [0.05, 0.1) is 15.7 Å². The number of amides is 1. The van der Waals surface area contributed by atoms with Crippen LogP contribution in [0.25, 0.3) is 22.3 Å². The molecule has 3 aromatic rings. The van der Waals surface area contributed by atoms with E-state index in [9.17, 15) is 4.79 Å². The molecule has 1 aliphatic rings. The second-order valence-corrected chi connectivity index (χ2v) is 10.3. The van der Waals surface area contributed by atoms with Crippen LogP contribution in [0, 0.1) is 5.92 Å².